The highest BCUT2D eigenvalue weighted by atomic mass is 15.1. The van der Waals surface area contributed by atoms with Crippen molar-refractivity contribution in [1.82, 2.24) is 4.90 Å². The third-order valence-corrected chi connectivity index (χ3v) is 4.40. The molecule has 0 aromatic rings. The fourth-order valence-corrected chi connectivity index (χ4v) is 2.96. The summed E-state index contributed by atoms with van der Waals surface area (Å²) in [6.07, 6.45) is 11.5. The first kappa shape index (κ1) is 19.0. The molecule has 1 heteroatoms. The highest BCUT2D eigenvalue weighted by Crippen LogP contribution is 2.24. The number of rotatable bonds is 8. The molecule has 0 bridgehead atoms. The van der Waals surface area contributed by atoms with Gasteiger partial charge in [-0.15, -0.1) is 0 Å². The van der Waals surface area contributed by atoms with E-state index in [0.717, 1.165) is 11.8 Å². The smallest absolute Gasteiger partial charge is 0.00160 e. The lowest BCUT2D eigenvalue weighted by atomic mass is 9.87. The van der Waals surface area contributed by atoms with E-state index in [4.69, 9.17) is 0 Å². The van der Waals surface area contributed by atoms with Gasteiger partial charge in [0.05, 0.1) is 0 Å². The van der Waals surface area contributed by atoms with Gasteiger partial charge in [-0.05, 0) is 50.7 Å². The van der Waals surface area contributed by atoms with Gasteiger partial charge in [0.25, 0.3) is 0 Å². The van der Waals surface area contributed by atoms with Crippen molar-refractivity contribution in [3.8, 4) is 0 Å². The van der Waals surface area contributed by atoms with E-state index in [1.54, 1.807) is 0 Å². The Morgan fingerprint density at radius 1 is 0.895 bits per heavy atom. The standard InChI is InChI=1S/C16H33N.C2H6/c1-4-5-6-7-8-9-12-17-13-10-16(11-14-17)15(2)3;1-2/h15-16H,4-14H2,1-3H3;1-2H3. The number of piperidine rings is 1. The van der Waals surface area contributed by atoms with Gasteiger partial charge in [0.15, 0.2) is 0 Å². The second kappa shape index (κ2) is 13.0. The highest BCUT2D eigenvalue weighted by Gasteiger charge is 2.20. The Labute approximate surface area is 123 Å². The van der Waals surface area contributed by atoms with Crippen LogP contribution in [0.4, 0.5) is 0 Å². The molecule has 1 aliphatic heterocycles. The Morgan fingerprint density at radius 2 is 1.42 bits per heavy atom. The molecule has 1 rings (SSSR count). The molecule has 0 saturated carbocycles. The summed E-state index contributed by atoms with van der Waals surface area (Å²) in [5.74, 6) is 1.89. The van der Waals surface area contributed by atoms with Crippen molar-refractivity contribution >= 4 is 0 Å². The van der Waals surface area contributed by atoms with E-state index >= 15 is 0 Å². The van der Waals surface area contributed by atoms with Gasteiger partial charge in [0.2, 0.25) is 0 Å². The van der Waals surface area contributed by atoms with Crippen LogP contribution < -0.4 is 0 Å². The van der Waals surface area contributed by atoms with Gasteiger partial charge >= 0.3 is 0 Å². The molecule has 0 N–H and O–H groups in total. The van der Waals surface area contributed by atoms with Crippen molar-refractivity contribution in [3.63, 3.8) is 0 Å². The quantitative estimate of drug-likeness (QED) is 0.508. The van der Waals surface area contributed by atoms with Crippen molar-refractivity contribution in [2.45, 2.75) is 86.0 Å². The normalized spacial score (nSPS) is 17.4. The maximum Gasteiger partial charge on any atom is -0.00160 e. The van der Waals surface area contributed by atoms with Crippen LogP contribution in [0.25, 0.3) is 0 Å². The molecule has 0 atom stereocenters. The lowest BCUT2D eigenvalue weighted by Crippen LogP contribution is -2.35. The molecule has 0 unspecified atom stereocenters. The van der Waals surface area contributed by atoms with Crippen LogP contribution in [-0.4, -0.2) is 24.5 Å². The number of hydrogen-bond acceptors (Lipinski definition) is 1. The highest BCUT2D eigenvalue weighted by molar-refractivity contribution is 4.74. The summed E-state index contributed by atoms with van der Waals surface area (Å²) in [7, 11) is 0. The SMILES string of the molecule is CC.CCCCCCCCN1CCC(C(C)C)CC1. The molecule has 1 fully saturated rings. The van der Waals surface area contributed by atoms with Gasteiger partial charge in [-0.25, -0.2) is 0 Å². The van der Waals surface area contributed by atoms with E-state index in [0.29, 0.717) is 0 Å². The maximum absolute atomic E-state index is 2.69. The summed E-state index contributed by atoms with van der Waals surface area (Å²) >= 11 is 0. The van der Waals surface area contributed by atoms with E-state index in [1.807, 2.05) is 13.8 Å². The Morgan fingerprint density at radius 3 is 1.95 bits per heavy atom. The molecule has 116 valence electrons. The van der Waals surface area contributed by atoms with Gasteiger partial charge in [-0.3, -0.25) is 0 Å². The zero-order valence-electron chi connectivity index (χ0n) is 14.4. The number of nitrogens with zero attached hydrogens (tertiary/aromatic N) is 1. The Bertz CT molecular complexity index is 169. The summed E-state index contributed by atoms with van der Waals surface area (Å²) < 4.78 is 0. The van der Waals surface area contributed by atoms with Crippen LogP contribution >= 0.6 is 0 Å². The van der Waals surface area contributed by atoms with Crippen LogP contribution in [0.2, 0.25) is 0 Å². The summed E-state index contributed by atoms with van der Waals surface area (Å²) in [6.45, 7) is 15.1. The van der Waals surface area contributed by atoms with Gasteiger partial charge in [0, 0.05) is 0 Å². The average molecular weight is 270 g/mol. The molecule has 19 heavy (non-hydrogen) atoms. The van der Waals surface area contributed by atoms with Gasteiger partial charge in [-0.2, -0.15) is 0 Å². The second-order valence-electron chi connectivity index (χ2n) is 6.19. The summed E-state index contributed by atoms with van der Waals surface area (Å²) in [5.41, 5.74) is 0. The molecule has 0 aromatic heterocycles. The van der Waals surface area contributed by atoms with Crippen LogP contribution in [0.5, 0.6) is 0 Å². The minimum atomic E-state index is 0.895. The molecule has 0 aromatic carbocycles. The largest absolute Gasteiger partial charge is 0.303 e. The van der Waals surface area contributed by atoms with E-state index in [9.17, 15) is 0 Å². The Balaban J connectivity index is 0.00000154. The van der Waals surface area contributed by atoms with Crippen LogP contribution in [0.1, 0.15) is 86.0 Å². The van der Waals surface area contributed by atoms with Gasteiger partial charge in [0.1, 0.15) is 0 Å². The average Bonchev–Trinajstić information content (AvgIpc) is 2.45. The molecule has 1 heterocycles. The first-order valence-electron chi connectivity index (χ1n) is 8.96. The van der Waals surface area contributed by atoms with Crippen LogP contribution in [0.15, 0.2) is 0 Å². The fourth-order valence-electron chi connectivity index (χ4n) is 2.96. The van der Waals surface area contributed by atoms with E-state index < -0.39 is 0 Å². The van der Waals surface area contributed by atoms with Crippen LogP contribution in [0, 0.1) is 11.8 Å². The topological polar surface area (TPSA) is 3.24 Å². The van der Waals surface area contributed by atoms with Crippen molar-refractivity contribution in [2.24, 2.45) is 11.8 Å². The van der Waals surface area contributed by atoms with Crippen molar-refractivity contribution in [3.05, 3.63) is 0 Å². The zero-order valence-corrected chi connectivity index (χ0v) is 14.4. The van der Waals surface area contributed by atoms with Crippen molar-refractivity contribution < 1.29 is 0 Å². The van der Waals surface area contributed by atoms with E-state index in [1.165, 1.54) is 71.0 Å². The molecule has 1 nitrogen and oxygen atoms in total. The zero-order chi connectivity index (χ0) is 14.5. The van der Waals surface area contributed by atoms with Gasteiger partial charge in [-0.1, -0.05) is 66.7 Å². The molecule has 1 aliphatic rings. The third-order valence-electron chi connectivity index (χ3n) is 4.40. The minimum Gasteiger partial charge on any atom is -0.303 e. The lowest BCUT2D eigenvalue weighted by Gasteiger charge is -2.33. The first-order chi connectivity index (χ1) is 9.24. The monoisotopic (exact) mass is 269 g/mol. The van der Waals surface area contributed by atoms with Crippen LogP contribution in [-0.2, 0) is 0 Å². The van der Waals surface area contributed by atoms with Crippen LogP contribution in [0.3, 0.4) is 0 Å². The van der Waals surface area contributed by atoms with Crippen molar-refractivity contribution in [1.29, 1.82) is 0 Å². The Kier molecular flexibility index (Phi) is 12.9. The van der Waals surface area contributed by atoms with E-state index in [-0.39, 0.29) is 0 Å². The summed E-state index contributed by atoms with van der Waals surface area (Å²) in [5, 5.41) is 0. The van der Waals surface area contributed by atoms with Gasteiger partial charge < -0.3 is 4.90 Å². The lowest BCUT2D eigenvalue weighted by molar-refractivity contribution is 0.155. The molecule has 0 spiro atoms. The number of hydrogen-bond donors (Lipinski definition) is 0. The molecule has 0 amide bonds. The summed E-state index contributed by atoms with van der Waals surface area (Å²) in [6, 6.07) is 0. The Hall–Kier alpha value is -0.0400. The predicted molar refractivity (Wildman–Crippen MR) is 88.7 cm³/mol. The number of likely N-dealkylation sites (tertiary alicyclic amines) is 1. The maximum atomic E-state index is 2.69. The third kappa shape index (κ3) is 9.49. The summed E-state index contributed by atoms with van der Waals surface area (Å²) in [4.78, 5) is 2.69. The predicted octanol–water partition coefficient (Wildman–Crippen LogP) is 5.74. The second-order valence-corrected chi connectivity index (χ2v) is 6.19. The first-order valence-corrected chi connectivity index (χ1v) is 8.96. The molecule has 0 aliphatic carbocycles. The molecule has 0 radical (unpaired) electrons. The fraction of sp³-hybridized carbons (Fsp3) is 1.00. The minimum absolute atomic E-state index is 0.895. The van der Waals surface area contributed by atoms with E-state index in [2.05, 4.69) is 25.7 Å². The molecule has 1 saturated heterocycles. The molecular weight excluding hydrogens is 230 g/mol. The number of unbranched alkanes of at least 4 members (excludes halogenated alkanes) is 5. The molecular formula is C18H39N. The van der Waals surface area contributed by atoms with Crippen molar-refractivity contribution in [2.75, 3.05) is 19.6 Å².